The molecule has 1 aliphatic carbocycles. The monoisotopic (exact) mass is 822 g/mol. The molecule has 9 aromatic carbocycles. The van der Waals surface area contributed by atoms with Gasteiger partial charge in [-0.1, -0.05) is 185 Å². The summed E-state index contributed by atoms with van der Waals surface area (Å²) in [5.41, 5.74) is 14.0. The maximum Gasteiger partial charge on any atom is 0.235 e. The second-order valence-corrected chi connectivity index (χ2v) is 19.1. The number of fused-ring (bicyclic) bond motifs is 14. The zero-order valence-corrected chi connectivity index (χ0v) is 36.5. The smallest absolute Gasteiger partial charge is 0.235 e. The second-order valence-electron chi connectivity index (χ2n) is 19.1. The van der Waals surface area contributed by atoms with Crippen LogP contribution in [0.5, 0.6) is 0 Å². The van der Waals surface area contributed by atoms with E-state index in [9.17, 15) is 0 Å². The summed E-state index contributed by atoms with van der Waals surface area (Å²) in [7, 11) is 0. The Morgan fingerprint density at radius 2 is 0.953 bits per heavy atom. The number of aromatic nitrogens is 4. The van der Waals surface area contributed by atoms with E-state index >= 15 is 0 Å². The van der Waals surface area contributed by atoms with Crippen LogP contribution in [0.1, 0.15) is 51.7 Å². The van der Waals surface area contributed by atoms with E-state index in [0.29, 0.717) is 5.95 Å². The molecule has 12 aromatic rings. The van der Waals surface area contributed by atoms with E-state index in [1.54, 1.807) is 0 Å². The van der Waals surface area contributed by atoms with Crippen LogP contribution in [0.3, 0.4) is 0 Å². The lowest BCUT2D eigenvalue weighted by molar-refractivity contribution is 0.334. The fraction of sp³-hybridized carbons (Fsp3) is 0.133. The fourth-order valence-corrected chi connectivity index (χ4v) is 11.5. The van der Waals surface area contributed by atoms with E-state index in [4.69, 9.17) is 9.97 Å². The summed E-state index contributed by atoms with van der Waals surface area (Å²) < 4.78 is 4.99. The molecule has 0 fully saturated rings. The van der Waals surface area contributed by atoms with Crippen LogP contribution >= 0.6 is 0 Å². The third-order valence-electron chi connectivity index (χ3n) is 14.5. The van der Waals surface area contributed by atoms with Gasteiger partial charge in [-0.3, -0.25) is 4.57 Å². The molecule has 64 heavy (non-hydrogen) atoms. The van der Waals surface area contributed by atoms with Gasteiger partial charge >= 0.3 is 0 Å². The minimum Gasteiger partial charge on any atom is -0.307 e. The number of para-hydroxylation sites is 3. The van der Waals surface area contributed by atoms with E-state index in [2.05, 4.69) is 219 Å². The van der Waals surface area contributed by atoms with E-state index in [0.717, 1.165) is 57.1 Å². The van der Waals surface area contributed by atoms with Gasteiger partial charge in [-0.2, -0.15) is 0 Å². The standard InChI is InChI=1S/C60H46N4/c1-59(2)35-36-60(3,4)53-48(59)34-33-47-52-43-26-14-13-25-42(43)51-46-28-16-18-30-50(46)64(57(51)56(52)63(55(47)53)38-21-9-6-10-22-38)58-61-49-29-17-15-27-45(49)54(62-58)44-32-31-39(37-19-7-5-8-20-37)40-23-11-12-24-41(40)44/h5-34H,35-36H2,1-4H3. The lowest BCUT2D eigenvalue weighted by Gasteiger charge is -2.42. The molecule has 3 heterocycles. The molecule has 0 aliphatic heterocycles. The average molecular weight is 823 g/mol. The summed E-state index contributed by atoms with van der Waals surface area (Å²) in [5.74, 6) is 0.654. The summed E-state index contributed by atoms with van der Waals surface area (Å²) in [5, 5.41) is 10.8. The van der Waals surface area contributed by atoms with Crippen molar-refractivity contribution in [2.75, 3.05) is 0 Å². The van der Waals surface area contributed by atoms with Gasteiger partial charge in [0.15, 0.2) is 0 Å². The molecule has 306 valence electrons. The zero-order chi connectivity index (χ0) is 42.9. The van der Waals surface area contributed by atoms with E-state index in [-0.39, 0.29) is 10.8 Å². The molecule has 13 rings (SSSR count). The van der Waals surface area contributed by atoms with Crippen molar-refractivity contribution in [3.05, 3.63) is 193 Å². The van der Waals surface area contributed by atoms with Gasteiger partial charge in [-0.15, -0.1) is 0 Å². The zero-order valence-electron chi connectivity index (χ0n) is 36.5. The average Bonchev–Trinajstić information content (AvgIpc) is 3.87. The normalized spacial score (nSPS) is 14.7. The quantitative estimate of drug-likeness (QED) is 0.177. The Kier molecular flexibility index (Phi) is 7.80. The maximum atomic E-state index is 5.76. The first kappa shape index (κ1) is 37.0. The molecule has 0 radical (unpaired) electrons. The predicted octanol–water partition coefficient (Wildman–Crippen LogP) is 15.8. The van der Waals surface area contributed by atoms with Crippen molar-refractivity contribution >= 4 is 76.1 Å². The summed E-state index contributed by atoms with van der Waals surface area (Å²) in [6.45, 7) is 9.78. The van der Waals surface area contributed by atoms with Gasteiger partial charge in [0.1, 0.15) is 0 Å². The maximum absolute atomic E-state index is 5.76. The van der Waals surface area contributed by atoms with E-state index in [1.807, 2.05) is 0 Å². The van der Waals surface area contributed by atoms with Gasteiger partial charge in [0.2, 0.25) is 5.95 Å². The molecule has 0 saturated heterocycles. The van der Waals surface area contributed by atoms with Crippen molar-refractivity contribution in [3.63, 3.8) is 0 Å². The first-order chi connectivity index (χ1) is 31.3. The number of rotatable bonds is 4. The first-order valence-electron chi connectivity index (χ1n) is 22.6. The van der Waals surface area contributed by atoms with Crippen molar-refractivity contribution < 1.29 is 0 Å². The minimum absolute atomic E-state index is 0.0396. The van der Waals surface area contributed by atoms with Crippen molar-refractivity contribution in [3.8, 4) is 34.0 Å². The highest BCUT2D eigenvalue weighted by Crippen LogP contribution is 2.53. The number of hydrogen-bond acceptors (Lipinski definition) is 2. The van der Waals surface area contributed by atoms with E-state index < -0.39 is 0 Å². The Hall–Kier alpha value is -7.56. The lowest BCUT2D eigenvalue weighted by Crippen LogP contribution is -2.34. The molecule has 3 aromatic heterocycles. The lowest BCUT2D eigenvalue weighted by atomic mass is 9.62. The largest absolute Gasteiger partial charge is 0.307 e. The molecular formula is C60H46N4. The highest BCUT2D eigenvalue weighted by atomic mass is 15.2. The summed E-state index contributed by atoms with van der Waals surface area (Å²) >= 11 is 0. The molecule has 0 saturated carbocycles. The van der Waals surface area contributed by atoms with Crippen molar-refractivity contribution in [1.82, 2.24) is 19.1 Å². The summed E-state index contributed by atoms with van der Waals surface area (Å²) in [6.07, 6.45) is 2.27. The van der Waals surface area contributed by atoms with Crippen LogP contribution < -0.4 is 0 Å². The van der Waals surface area contributed by atoms with Gasteiger partial charge in [0.25, 0.3) is 0 Å². The summed E-state index contributed by atoms with van der Waals surface area (Å²) in [6, 6.07) is 66.3. The molecule has 1 aliphatic rings. The minimum atomic E-state index is -0.0396. The first-order valence-corrected chi connectivity index (χ1v) is 22.6. The second kappa shape index (κ2) is 13.5. The Balaban J connectivity index is 1.24. The van der Waals surface area contributed by atoms with Crippen LogP contribution in [0.25, 0.3) is 110 Å². The van der Waals surface area contributed by atoms with Gasteiger partial charge < -0.3 is 4.57 Å². The van der Waals surface area contributed by atoms with Crippen molar-refractivity contribution in [1.29, 1.82) is 0 Å². The Morgan fingerprint density at radius 1 is 0.406 bits per heavy atom. The molecular weight excluding hydrogens is 777 g/mol. The Labute approximate surface area is 372 Å². The Morgan fingerprint density at radius 3 is 1.69 bits per heavy atom. The highest BCUT2D eigenvalue weighted by Gasteiger charge is 2.40. The van der Waals surface area contributed by atoms with Crippen molar-refractivity contribution in [2.24, 2.45) is 0 Å². The molecule has 0 atom stereocenters. The van der Waals surface area contributed by atoms with Crippen LogP contribution in [0.2, 0.25) is 0 Å². The fourth-order valence-electron chi connectivity index (χ4n) is 11.5. The molecule has 4 nitrogen and oxygen atoms in total. The molecule has 0 bridgehead atoms. The number of benzene rings is 9. The predicted molar refractivity (Wildman–Crippen MR) is 269 cm³/mol. The highest BCUT2D eigenvalue weighted by molar-refractivity contribution is 6.36. The molecule has 0 amide bonds. The third-order valence-corrected chi connectivity index (χ3v) is 14.5. The van der Waals surface area contributed by atoms with Crippen molar-refractivity contribution in [2.45, 2.75) is 51.4 Å². The van der Waals surface area contributed by atoms with Gasteiger partial charge in [-0.05, 0) is 91.7 Å². The molecule has 0 spiro atoms. The molecule has 0 unspecified atom stereocenters. The number of hydrogen-bond donors (Lipinski definition) is 0. The topological polar surface area (TPSA) is 35.6 Å². The van der Waals surface area contributed by atoms with Crippen LogP contribution in [0, 0.1) is 0 Å². The molecule has 4 heteroatoms. The summed E-state index contributed by atoms with van der Waals surface area (Å²) in [4.78, 5) is 11.3. The van der Waals surface area contributed by atoms with Gasteiger partial charge in [0.05, 0.1) is 33.3 Å². The Bertz CT molecular complexity index is 3890. The number of nitrogens with zero attached hydrogens (tertiary/aromatic N) is 4. The van der Waals surface area contributed by atoms with Gasteiger partial charge in [-0.25, -0.2) is 9.97 Å². The van der Waals surface area contributed by atoms with Crippen LogP contribution in [0.15, 0.2) is 182 Å². The van der Waals surface area contributed by atoms with Crippen LogP contribution in [-0.2, 0) is 10.8 Å². The third kappa shape index (κ3) is 5.17. The SMILES string of the molecule is CC1(C)CCC(C)(C)c2c1ccc1c3c4ccccc4c4c5ccccc5n(-c5nc(-c6ccc(-c7ccccc7)c7ccccc67)c6ccccc6n5)c4c3n(-c3ccccc3)c21. The van der Waals surface area contributed by atoms with Crippen LogP contribution in [-0.4, -0.2) is 19.1 Å². The van der Waals surface area contributed by atoms with Crippen LogP contribution in [0.4, 0.5) is 0 Å². The van der Waals surface area contributed by atoms with E-state index in [1.165, 1.54) is 71.0 Å². The van der Waals surface area contributed by atoms with Gasteiger partial charge in [0, 0.05) is 38.2 Å². The molecule has 0 N–H and O–H groups in total.